The van der Waals surface area contributed by atoms with Crippen LogP contribution in [0, 0.1) is 0 Å². The van der Waals surface area contributed by atoms with Gasteiger partial charge in [0.2, 0.25) is 0 Å². The van der Waals surface area contributed by atoms with Gasteiger partial charge in [-0.3, -0.25) is 0 Å². The summed E-state index contributed by atoms with van der Waals surface area (Å²) in [6.07, 6.45) is -2.66. The summed E-state index contributed by atoms with van der Waals surface area (Å²) < 4.78 is 37.6. The number of hydrogen-bond donors (Lipinski definition) is 0. The van der Waals surface area contributed by atoms with Crippen molar-refractivity contribution in [2.24, 2.45) is 5.10 Å². The van der Waals surface area contributed by atoms with Crippen LogP contribution in [0.3, 0.4) is 0 Å². The maximum absolute atomic E-state index is 12.5. The number of rotatable bonds is 2. The number of para-hydroxylation sites is 1. The van der Waals surface area contributed by atoms with E-state index >= 15 is 0 Å². The van der Waals surface area contributed by atoms with Crippen molar-refractivity contribution in [3.05, 3.63) is 60.2 Å². The molecule has 0 saturated carbocycles. The molecule has 2 aromatic carbocycles. The van der Waals surface area contributed by atoms with Gasteiger partial charge in [0.15, 0.2) is 0 Å². The molecule has 0 unspecified atom stereocenters. The first-order valence-corrected chi connectivity index (χ1v) is 6.35. The van der Waals surface area contributed by atoms with Crippen LogP contribution >= 0.6 is 0 Å². The Morgan fingerprint density at radius 1 is 0.857 bits per heavy atom. The molecule has 6 heteroatoms. The van der Waals surface area contributed by atoms with Crippen LogP contribution in [0.1, 0.15) is 5.56 Å². The smallest absolute Gasteiger partial charge is 0.311 e. The number of benzene rings is 2. The number of hydrazone groups is 1. The van der Waals surface area contributed by atoms with Gasteiger partial charge in [-0.15, -0.1) is 0 Å². The summed E-state index contributed by atoms with van der Waals surface area (Å²) in [5.41, 5.74) is 0.947. The van der Waals surface area contributed by atoms with Gasteiger partial charge in [0.25, 0.3) is 0 Å². The summed E-state index contributed by atoms with van der Waals surface area (Å²) in [5, 5.41) is 5.85. The monoisotopic (exact) mass is 291 g/mol. The van der Waals surface area contributed by atoms with Gasteiger partial charge in [-0.1, -0.05) is 18.2 Å². The molecule has 0 fully saturated rings. The highest BCUT2D eigenvalue weighted by molar-refractivity contribution is 5.83. The van der Waals surface area contributed by atoms with Crippen LogP contribution in [-0.4, -0.2) is 13.0 Å². The third-order valence-corrected chi connectivity index (χ3v) is 3.20. The number of halogens is 3. The van der Waals surface area contributed by atoms with E-state index in [0.29, 0.717) is 12.4 Å². The average Bonchev–Trinajstić information content (AvgIpc) is 2.97. The molecule has 1 aliphatic rings. The molecular weight excluding hydrogens is 279 g/mol. The number of nitrogens with zero attached hydrogens (tertiary/aromatic N) is 3. The molecule has 21 heavy (non-hydrogen) atoms. The van der Waals surface area contributed by atoms with Gasteiger partial charge in [-0.25, -0.2) is 5.01 Å². The van der Waals surface area contributed by atoms with Gasteiger partial charge in [0.05, 0.1) is 11.3 Å². The Labute approximate surface area is 119 Å². The highest BCUT2D eigenvalue weighted by Gasteiger charge is 2.30. The van der Waals surface area contributed by atoms with E-state index in [1.54, 1.807) is 11.3 Å². The first-order chi connectivity index (χ1) is 10.0. The minimum Gasteiger partial charge on any atom is -0.311 e. The average molecular weight is 291 g/mol. The minimum absolute atomic E-state index is 0.468. The Morgan fingerprint density at radius 2 is 1.52 bits per heavy atom. The second kappa shape index (κ2) is 5.12. The van der Waals surface area contributed by atoms with Gasteiger partial charge in [0, 0.05) is 5.69 Å². The molecule has 2 aromatic rings. The predicted molar refractivity (Wildman–Crippen MR) is 76.2 cm³/mol. The van der Waals surface area contributed by atoms with Crippen LogP contribution in [0.25, 0.3) is 0 Å². The van der Waals surface area contributed by atoms with Crippen LogP contribution in [0.15, 0.2) is 59.7 Å². The summed E-state index contributed by atoms with van der Waals surface area (Å²) in [5.74, 6) is 0. The molecule has 0 bridgehead atoms. The van der Waals surface area contributed by atoms with Crippen molar-refractivity contribution < 1.29 is 13.2 Å². The van der Waals surface area contributed by atoms with Crippen LogP contribution in [0.4, 0.5) is 24.5 Å². The molecule has 1 heterocycles. The Hall–Kier alpha value is -2.50. The fourth-order valence-electron chi connectivity index (χ4n) is 2.08. The van der Waals surface area contributed by atoms with Crippen molar-refractivity contribution in [2.75, 3.05) is 16.6 Å². The van der Waals surface area contributed by atoms with Gasteiger partial charge in [0.1, 0.15) is 13.0 Å². The molecule has 0 N–H and O–H groups in total. The van der Waals surface area contributed by atoms with E-state index in [-0.39, 0.29) is 0 Å². The SMILES string of the molecule is FC(F)(F)c1ccc(N2CN(c3ccccc3)C=N2)cc1. The van der Waals surface area contributed by atoms with E-state index in [1.165, 1.54) is 12.1 Å². The fourth-order valence-corrected chi connectivity index (χ4v) is 2.08. The van der Waals surface area contributed by atoms with Gasteiger partial charge < -0.3 is 4.90 Å². The Morgan fingerprint density at radius 3 is 2.14 bits per heavy atom. The highest BCUT2D eigenvalue weighted by atomic mass is 19.4. The van der Waals surface area contributed by atoms with E-state index in [9.17, 15) is 13.2 Å². The van der Waals surface area contributed by atoms with Crippen LogP contribution in [-0.2, 0) is 6.18 Å². The van der Waals surface area contributed by atoms with Crippen molar-refractivity contribution in [3.63, 3.8) is 0 Å². The normalized spacial score (nSPS) is 14.8. The molecular formula is C15H12F3N3. The Balaban J connectivity index is 1.74. The third-order valence-electron chi connectivity index (χ3n) is 3.20. The quantitative estimate of drug-likeness (QED) is 0.834. The molecule has 0 amide bonds. The molecule has 0 atom stereocenters. The lowest BCUT2D eigenvalue weighted by atomic mass is 10.2. The molecule has 0 radical (unpaired) electrons. The molecule has 0 saturated heterocycles. The molecule has 1 aliphatic heterocycles. The van der Waals surface area contributed by atoms with Crippen LogP contribution < -0.4 is 9.91 Å². The number of anilines is 2. The van der Waals surface area contributed by atoms with Gasteiger partial charge >= 0.3 is 6.18 Å². The molecule has 3 rings (SSSR count). The topological polar surface area (TPSA) is 18.8 Å². The summed E-state index contributed by atoms with van der Waals surface area (Å²) >= 11 is 0. The Kier molecular flexibility index (Phi) is 3.29. The van der Waals surface area contributed by atoms with E-state index < -0.39 is 11.7 Å². The Bertz CT molecular complexity index is 635. The minimum atomic E-state index is -4.32. The van der Waals surface area contributed by atoms with Crippen LogP contribution in [0.5, 0.6) is 0 Å². The summed E-state index contributed by atoms with van der Waals surface area (Å²) in [7, 11) is 0. The standard InChI is InChI=1S/C15H12F3N3/c16-15(17,18)12-6-8-14(9-7-12)21-11-20(10-19-21)13-4-2-1-3-5-13/h1-10H,11H2. The summed E-state index contributed by atoms with van der Waals surface area (Å²) in [6.45, 7) is 0.468. The maximum atomic E-state index is 12.5. The summed E-state index contributed by atoms with van der Waals surface area (Å²) in [6, 6.07) is 14.6. The molecule has 0 spiro atoms. The van der Waals surface area contributed by atoms with Crippen molar-refractivity contribution in [2.45, 2.75) is 6.18 Å². The van der Waals surface area contributed by atoms with Crippen LogP contribution in [0.2, 0.25) is 0 Å². The number of alkyl halides is 3. The van der Waals surface area contributed by atoms with Gasteiger partial charge in [-0.2, -0.15) is 18.3 Å². The highest BCUT2D eigenvalue weighted by Crippen LogP contribution is 2.31. The van der Waals surface area contributed by atoms with E-state index in [4.69, 9.17) is 0 Å². The molecule has 0 aliphatic carbocycles. The second-order valence-corrected chi connectivity index (χ2v) is 4.62. The van der Waals surface area contributed by atoms with E-state index in [0.717, 1.165) is 17.8 Å². The van der Waals surface area contributed by atoms with Crippen molar-refractivity contribution in [1.29, 1.82) is 0 Å². The van der Waals surface area contributed by atoms with Crippen molar-refractivity contribution in [1.82, 2.24) is 0 Å². The molecule has 3 nitrogen and oxygen atoms in total. The second-order valence-electron chi connectivity index (χ2n) is 4.62. The summed E-state index contributed by atoms with van der Waals surface area (Å²) in [4.78, 5) is 1.91. The lowest BCUT2D eigenvalue weighted by molar-refractivity contribution is -0.137. The van der Waals surface area contributed by atoms with E-state index in [2.05, 4.69) is 5.10 Å². The van der Waals surface area contributed by atoms with E-state index in [1.807, 2.05) is 35.2 Å². The van der Waals surface area contributed by atoms with Crippen molar-refractivity contribution >= 4 is 17.7 Å². The zero-order chi connectivity index (χ0) is 14.9. The first kappa shape index (κ1) is 13.5. The van der Waals surface area contributed by atoms with Gasteiger partial charge in [-0.05, 0) is 36.4 Å². The lowest BCUT2D eigenvalue weighted by Gasteiger charge is -2.19. The largest absolute Gasteiger partial charge is 0.416 e. The lowest BCUT2D eigenvalue weighted by Crippen LogP contribution is -2.26. The fraction of sp³-hybridized carbons (Fsp3) is 0.133. The molecule has 0 aromatic heterocycles. The molecule has 108 valence electrons. The zero-order valence-corrected chi connectivity index (χ0v) is 11.0. The maximum Gasteiger partial charge on any atom is 0.416 e. The first-order valence-electron chi connectivity index (χ1n) is 6.35. The predicted octanol–water partition coefficient (Wildman–Crippen LogP) is 3.93. The third kappa shape index (κ3) is 2.84. The van der Waals surface area contributed by atoms with Crippen molar-refractivity contribution in [3.8, 4) is 0 Å². The number of hydrogen-bond acceptors (Lipinski definition) is 3. The zero-order valence-electron chi connectivity index (χ0n) is 11.0.